The molecule has 0 saturated heterocycles. The number of hydroxylamine groups is 1. The van der Waals surface area contributed by atoms with E-state index in [0.717, 1.165) is 11.3 Å². The lowest BCUT2D eigenvalue weighted by Crippen LogP contribution is -2.56. The van der Waals surface area contributed by atoms with Gasteiger partial charge in [0.2, 0.25) is 0 Å². The zero-order valence-electron chi connectivity index (χ0n) is 10.8. The van der Waals surface area contributed by atoms with E-state index in [1.807, 2.05) is 50.3 Å². The Hall–Kier alpha value is -2.05. The van der Waals surface area contributed by atoms with E-state index in [0.29, 0.717) is 0 Å². The second-order valence-electron chi connectivity index (χ2n) is 4.63. The monoisotopic (exact) mass is 263 g/mol. The average molecular weight is 263 g/mol. The minimum Gasteiger partial charge on any atom is -0.464 e. The first-order valence-corrected chi connectivity index (χ1v) is 6.02. The average Bonchev–Trinajstić information content (AvgIpc) is 2.83. The zero-order chi connectivity index (χ0) is 13.9. The molecule has 1 aromatic rings. The number of carbonyl (C=O) groups is 1. The summed E-state index contributed by atoms with van der Waals surface area (Å²) in [7, 11) is 0. The van der Waals surface area contributed by atoms with E-state index >= 15 is 0 Å². The van der Waals surface area contributed by atoms with Crippen LogP contribution in [0.3, 0.4) is 0 Å². The largest absolute Gasteiger partial charge is 0.464 e. The predicted molar refractivity (Wildman–Crippen MR) is 69.6 cm³/mol. The normalized spacial score (nSPS) is 21.9. The molecule has 0 aromatic heterocycles. The number of hydrazine groups is 1. The van der Waals surface area contributed by atoms with Gasteiger partial charge in [-0.1, -0.05) is 44.2 Å². The van der Waals surface area contributed by atoms with Gasteiger partial charge < -0.3 is 9.94 Å². The van der Waals surface area contributed by atoms with Crippen molar-refractivity contribution < 1.29 is 14.7 Å². The number of allylic oxidation sites excluding steroid dienone is 1. The molecule has 1 aromatic carbocycles. The van der Waals surface area contributed by atoms with Gasteiger partial charge in [-0.2, -0.15) is 0 Å². The number of rotatable bonds is 4. The molecule has 1 amide bonds. The van der Waals surface area contributed by atoms with Crippen LogP contribution in [0.5, 0.6) is 0 Å². The fourth-order valence-electron chi connectivity index (χ4n) is 1.83. The lowest BCUT2D eigenvalue weighted by atomic mass is 9.99. The van der Waals surface area contributed by atoms with Crippen LogP contribution in [0.4, 0.5) is 4.79 Å². The molecule has 0 bridgehead atoms. The number of nitrogens with one attached hydrogen (secondary N) is 3. The van der Waals surface area contributed by atoms with Crippen LogP contribution in [0.15, 0.2) is 42.2 Å². The first-order valence-electron chi connectivity index (χ1n) is 6.02. The number of benzene rings is 1. The van der Waals surface area contributed by atoms with Crippen molar-refractivity contribution in [2.45, 2.75) is 19.5 Å². The molecule has 4 N–H and O–H groups in total. The first-order chi connectivity index (χ1) is 9.03. The summed E-state index contributed by atoms with van der Waals surface area (Å²) in [6.07, 6.45) is 0.673. The number of amides is 1. The molecule has 2 rings (SSSR count). The number of carboxylic acid groups (broad SMARTS) is 1. The Kier molecular flexibility index (Phi) is 3.73. The summed E-state index contributed by atoms with van der Waals surface area (Å²) in [5.41, 5.74) is 7.69. The van der Waals surface area contributed by atoms with Crippen LogP contribution >= 0.6 is 0 Å². The summed E-state index contributed by atoms with van der Waals surface area (Å²) in [5, 5.41) is 8.75. The number of hydrogen-bond donors (Lipinski definition) is 4. The molecular weight excluding hydrogens is 246 g/mol. The highest BCUT2D eigenvalue weighted by Crippen LogP contribution is 2.29. The molecule has 1 aliphatic heterocycles. The van der Waals surface area contributed by atoms with E-state index in [-0.39, 0.29) is 5.92 Å². The van der Waals surface area contributed by atoms with Gasteiger partial charge in [0.05, 0.1) is 0 Å². The Morgan fingerprint density at radius 2 is 2.05 bits per heavy atom. The summed E-state index contributed by atoms with van der Waals surface area (Å²) in [4.78, 5) is 16.1. The Bertz CT molecular complexity index is 487. The molecule has 1 aliphatic rings. The van der Waals surface area contributed by atoms with Gasteiger partial charge in [-0.3, -0.25) is 5.43 Å². The lowest BCUT2D eigenvalue weighted by molar-refractivity contribution is 0.0447. The van der Waals surface area contributed by atoms with Gasteiger partial charge in [0.25, 0.3) is 0 Å². The maximum atomic E-state index is 10.7. The summed E-state index contributed by atoms with van der Waals surface area (Å²) in [5.74, 6) is 0.952. The van der Waals surface area contributed by atoms with E-state index < -0.39 is 11.8 Å². The van der Waals surface area contributed by atoms with Crippen molar-refractivity contribution in [1.29, 1.82) is 0 Å². The van der Waals surface area contributed by atoms with Crippen molar-refractivity contribution in [2.24, 2.45) is 5.92 Å². The van der Waals surface area contributed by atoms with E-state index in [4.69, 9.17) is 9.94 Å². The standard InChI is InChI=1S/C13H17N3O3/c1-9(2)11-8-13(16-19-11,15-14-12(17)18)10-6-4-3-5-7-10/h3-9,14-16H,1-2H3,(H,17,18). The molecule has 1 unspecified atom stereocenters. The van der Waals surface area contributed by atoms with Crippen molar-refractivity contribution >= 4 is 6.09 Å². The fourth-order valence-corrected chi connectivity index (χ4v) is 1.83. The molecule has 0 fully saturated rings. The topological polar surface area (TPSA) is 82.6 Å². The highest BCUT2D eigenvalue weighted by molar-refractivity contribution is 5.63. The van der Waals surface area contributed by atoms with Gasteiger partial charge in [0.15, 0.2) is 5.66 Å². The number of hydrogen-bond acceptors (Lipinski definition) is 4. The Labute approximate surface area is 111 Å². The molecule has 6 nitrogen and oxygen atoms in total. The van der Waals surface area contributed by atoms with Gasteiger partial charge in [0.1, 0.15) is 5.76 Å². The van der Waals surface area contributed by atoms with Crippen molar-refractivity contribution in [2.75, 3.05) is 0 Å². The minimum atomic E-state index is -1.16. The third kappa shape index (κ3) is 2.86. The molecule has 0 aliphatic carbocycles. The van der Waals surface area contributed by atoms with E-state index in [9.17, 15) is 4.79 Å². The van der Waals surface area contributed by atoms with Gasteiger partial charge >= 0.3 is 6.09 Å². The van der Waals surface area contributed by atoms with Crippen LogP contribution in [0, 0.1) is 5.92 Å². The molecule has 102 valence electrons. The minimum absolute atomic E-state index is 0.199. The van der Waals surface area contributed by atoms with Crippen LogP contribution in [0.2, 0.25) is 0 Å². The molecule has 1 heterocycles. The quantitative estimate of drug-likeness (QED) is 0.621. The SMILES string of the molecule is CC(C)C1=CC(NNC(=O)O)(c2ccccc2)NO1. The molecule has 0 radical (unpaired) electrons. The van der Waals surface area contributed by atoms with Gasteiger partial charge in [-0.25, -0.2) is 10.2 Å². The van der Waals surface area contributed by atoms with Crippen molar-refractivity contribution in [1.82, 2.24) is 16.3 Å². The predicted octanol–water partition coefficient (Wildman–Crippen LogP) is 1.69. The molecule has 0 saturated carbocycles. The van der Waals surface area contributed by atoms with Crippen LogP contribution in [0.25, 0.3) is 0 Å². The summed E-state index contributed by atoms with van der Waals surface area (Å²) < 4.78 is 0. The Balaban J connectivity index is 2.32. The van der Waals surface area contributed by atoms with E-state index in [1.54, 1.807) is 0 Å². The molecular formula is C13H17N3O3. The second-order valence-corrected chi connectivity index (χ2v) is 4.63. The van der Waals surface area contributed by atoms with Crippen LogP contribution in [-0.4, -0.2) is 11.2 Å². The van der Waals surface area contributed by atoms with Gasteiger partial charge in [-0.05, 0) is 11.6 Å². The van der Waals surface area contributed by atoms with Crippen molar-refractivity contribution in [3.8, 4) is 0 Å². The summed E-state index contributed by atoms with van der Waals surface area (Å²) in [6, 6.07) is 9.41. The summed E-state index contributed by atoms with van der Waals surface area (Å²) >= 11 is 0. The molecule has 0 spiro atoms. The molecule has 19 heavy (non-hydrogen) atoms. The van der Waals surface area contributed by atoms with E-state index in [2.05, 4.69) is 16.3 Å². The molecule has 6 heteroatoms. The van der Waals surface area contributed by atoms with Crippen LogP contribution in [0.1, 0.15) is 19.4 Å². The van der Waals surface area contributed by atoms with Crippen molar-refractivity contribution in [3.63, 3.8) is 0 Å². The van der Waals surface area contributed by atoms with Crippen molar-refractivity contribution in [3.05, 3.63) is 47.7 Å². The lowest BCUT2D eigenvalue weighted by Gasteiger charge is -2.27. The maximum Gasteiger partial charge on any atom is 0.419 e. The molecule has 1 atom stereocenters. The van der Waals surface area contributed by atoms with Gasteiger partial charge in [-0.15, -0.1) is 5.48 Å². The maximum absolute atomic E-state index is 10.7. The summed E-state index contributed by atoms with van der Waals surface area (Å²) in [6.45, 7) is 4.00. The van der Waals surface area contributed by atoms with Gasteiger partial charge in [0, 0.05) is 5.92 Å². The third-order valence-corrected chi connectivity index (χ3v) is 2.85. The smallest absolute Gasteiger partial charge is 0.419 e. The third-order valence-electron chi connectivity index (χ3n) is 2.85. The van der Waals surface area contributed by atoms with Crippen LogP contribution in [-0.2, 0) is 10.5 Å². The van der Waals surface area contributed by atoms with E-state index in [1.165, 1.54) is 0 Å². The highest BCUT2D eigenvalue weighted by atomic mass is 16.7. The highest BCUT2D eigenvalue weighted by Gasteiger charge is 2.37. The fraction of sp³-hybridized carbons (Fsp3) is 0.308. The zero-order valence-corrected chi connectivity index (χ0v) is 10.8. The first kappa shape index (κ1) is 13.4. The Morgan fingerprint density at radius 3 is 2.58 bits per heavy atom. The van der Waals surface area contributed by atoms with Crippen LogP contribution < -0.4 is 16.3 Å². The Morgan fingerprint density at radius 1 is 1.37 bits per heavy atom. The second kappa shape index (κ2) is 5.29.